The van der Waals surface area contributed by atoms with Gasteiger partial charge in [0.25, 0.3) is 0 Å². The molecule has 1 heterocycles. The second-order valence-corrected chi connectivity index (χ2v) is 6.18. The molecule has 0 aliphatic rings. The summed E-state index contributed by atoms with van der Waals surface area (Å²) in [7, 11) is 0. The number of hydrogen-bond donors (Lipinski definition) is 0. The lowest BCUT2D eigenvalue weighted by molar-refractivity contribution is 0.391. The van der Waals surface area contributed by atoms with Gasteiger partial charge in [-0.1, -0.05) is 27.5 Å². The Bertz CT molecular complexity index is 604. The highest BCUT2D eigenvalue weighted by atomic mass is 79.9. The molecule has 2 aromatic rings. The predicted molar refractivity (Wildman–Crippen MR) is 78.1 cm³/mol. The fraction of sp³-hybridized carbons (Fsp3) is 0.385. The standard InChI is InChI=1S/C13H14BrClFN3/c1-13(2,3)19-11(7-14)17-18-12(19)8-4-5-10(16)9(15)6-8/h4-6H,7H2,1-3H3. The minimum absolute atomic E-state index is 0.0846. The minimum atomic E-state index is -0.437. The number of benzene rings is 1. The Labute approximate surface area is 124 Å². The lowest BCUT2D eigenvalue weighted by atomic mass is 10.1. The van der Waals surface area contributed by atoms with Crippen LogP contribution in [-0.2, 0) is 10.9 Å². The second-order valence-electron chi connectivity index (χ2n) is 5.21. The maximum atomic E-state index is 13.2. The third kappa shape index (κ3) is 2.82. The maximum Gasteiger partial charge on any atom is 0.164 e. The number of halogens is 3. The van der Waals surface area contributed by atoms with E-state index in [2.05, 4.69) is 46.9 Å². The van der Waals surface area contributed by atoms with Crippen molar-refractivity contribution in [3.63, 3.8) is 0 Å². The van der Waals surface area contributed by atoms with Crippen molar-refractivity contribution in [3.8, 4) is 11.4 Å². The zero-order valence-electron chi connectivity index (χ0n) is 10.9. The van der Waals surface area contributed by atoms with Gasteiger partial charge in [0.1, 0.15) is 11.6 Å². The Morgan fingerprint density at radius 2 is 2.00 bits per heavy atom. The molecule has 19 heavy (non-hydrogen) atoms. The Kier molecular flexibility index (Phi) is 3.97. The summed E-state index contributed by atoms with van der Waals surface area (Å²) in [4.78, 5) is 0. The molecule has 0 amide bonds. The van der Waals surface area contributed by atoms with Crippen LogP contribution in [0.1, 0.15) is 26.6 Å². The molecular weight excluding hydrogens is 333 g/mol. The van der Waals surface area contributed by atoms with Gasteiger partial charge < -0.3 is 4.57 Å². The molecule has 0 unspecified atom stereocenters. The van der Waals surface area contributed by atoms with Gasteiger partial charge in [0, 0.05) is 11.1 Å². The fourth-order valence-corrected chi connectivity index (χ4v) is 2.47. The topological polar surface area (TPSA) is 30.7 Å². The number of aromatic nitrogens is 3. The molecule has 0 N–H and O–H groups in total. The van der Waals surface area contributed by atoms with Crippen LogP contribution in [0.2, 0.25) is 5.02 Å². The zero-order chi connectivity index (χ0) is 14.2. The quantitative estimate of drug-likeness (QED) is 0.755. The molecule has 0 saturated heterocycles. The molecule has 0 radical (unpaired) electrons. The third-order valence-corrected chi connectivity index (χ3v) is 3.49. The van der Waals surface area contributed by atoms with E-state index in [0.717, 1.165) is 11.4 Å². The lowest BCUT2D eigenvalue weighted by Crippen LogP contribution is -2.24. The van der Waals surface area contributed by atoms with Crippen molar-refractivity contribution in [2.45, 2.75) is 31.6 Å². The Morgan fingerprint density at radius 3 is 2.53 bits per heavy atom. The average Bonchev–Trinajstić information content (AvgIpc) is 2.76. The van der Waals surface area contributed by atoms with Crippen LogP contribution < -0.4 is 0 Å². The van der Waals surface area contributed by atoms with Gasteiger partial charge in [-0.05, 0) is 39.0 Å². The summed E-state index contributed by atoms with van der Waals surface area (Å²) in [6.45, 7) is 6.20. The Hall–Kier alpha value is -0.940. The Balaban J connectivity index is 2.62. The van der Waals surface area contributed by atoms with Crippen LogP contribution in [0, 0.1) is 5.82 Å². The SMILES string of the molecule is CC(C)(C)n1c(CBr)nnc1-c1ccc(F)c(Cl)c1. The maximum absolute atomic E-state index is 13.2. The van der Waals surface area contributed by atoms with Crippen molar-refractivity contribution in [1.29, 1.82) is 0 Å². The highest BCUT2D eigenvalue weighted by molar-refractivity contribution is 9.08. The van der Waals surface area contributed by atoms with Gasteiger partial charge >= 0.3 is 0 Å². The van der Waals surface area contributed by atoms with Crippen LogP contribution in [0.4, 0.5) is 4.39 Å². The van der Waals surface area contributed by atoms with E-state index >= 15 is 0 Å². The van der Waals surface area contributed by atoms with Crippen molar-refractivity contribution < 1.29 is 4.39 Å². The monoisotopic (exact) mass is 345 g/mol. The van der Waals surface area contributed by atoms with Crippen molar-refractivity contribution in [3.05, 3.63) is 34.9 Å². The van der Waals surface area contributed by atoms with Crippen LogP contribution in [-0.4, -0.2) is 14.8 Å². The molecule has 0 fully saturated rings. The molecule has 2 rings (SSSR count). The average molecular weight is 347 g/mol. The van der Waals surface area contributed by atoms with Crippen LogP contribution in [0.3, 0.4) is 0 Å². The summed E-state index contributed by atoms with van der Waals surface area (Å²) in [5, 5.41) is 9.04. The molecule has 6 heteroatoms. The first-order chi connectivity index (χ1) is 8.84. The first-order valence-electron chi connectivity index (χ1n) is 5.80. The highest BCUT2D eigenvalue weighted by Crippen LogP contribution is 2.29. The van der Waals surface area contributed by atoms with E-state index in [1.807, 2.05) is 4.57 Å². The molecule has 0 aliphatic carbocycles. The summed E-state index contributed by atoms with van der Waals surface area (Å²) in [5.41, 5.74) is 0.573. The van der Waals surface area contributed by atoms with Crippen molar-refractivity contribution >= 4 is 27.5 Å². The van der Waals surface area contributed by atoms with E-state index in [-0.39, 0.29) is 10.6 Å². The van der Waals surface area contributed by atoms with Gasteiger partial charge in [-0.3, -0.25) is 0 Å². The van der Waals surface area contributed by atoms with E-state index in [0.29, 0.717) is 11.2 Å². The van der Waals surface area contributed by atoms with Crippen LogP contribution >= 0.6 is 27.5 Å². The summed E-state index contributed by atoms with van der Waals surface area (Å²) >= 11 is 9.23. The smallest absolute Gasteiger partial charge is 0.164 e. The Morgan fingerprint density at radius 1 is 1.32 bits per heavy atom. The largest absolute Gasteiger partial charge is 0.305 e. The van der Waals surface area contributed by atoms with Gasteiger partial charge in [-0.15, -0.1) is 10.2 Å². The predicted octanol–water partition coefficient (Wildman–Crippen LogP) is 4.39. The number of hydrogen-bond acceptors (Lipinski definition) is 2. The normalized spacial score (nSPS) is 11.9. The molecule has 0 spiro atoms. The van der Waals surface area contributed by atoms with E-state index in [9.17, 15) is 4.39 Å². The number of nitrogens with zero attached hydrogens (tertiary/aromatic N) is 3. The van der Waals surface area contributed by atoms with E-state index in [4.69, 9.17) is 11.6 Å². The van der Waals surface area contributed by atoms with E-state index < -0.39 is 5.82 Å². The molecular formula is C13H14BrClFN3. The van der Waals surface area contributed by atoms with Gasteiger partial charge in [0.2, 0.25) is 0 Å². The molecule has 0 saturated carbocycles. The first-order valence-corrected chi connectivity index (χ1v) is 7.30. The fourth-order valence-electron chi connectivity index (χ4n) is 1.93. The minimum Gasteiger partial charge on any atom is -0.305 e. The first kappa shape index (κ1) is 14.5. The zero-order valence-corrected chi connectivity index (χ0v) is 13.3. The molecule has 1 aromatic carbocycles. The summed E-state index contributed by atoms with van der Waals surface area (Å²) in [6.07, 6.45) is 0. The lowest BCUT2D eigenvalue weighted by Gasteiger charge is -2.24. The van der Waals surface area contributed by atoms with Gasteiger partial charge in [0.05, 0.1) is 10.4 Å². The van der Waals surface area contributed by atoms with E-state index in [1.54, 1.807) is 12.1 Å². The second kappa shape index (κ2) is 5.21. The summed E-state index contributed by atoms with van der Waals surface area (Å²) < 4.78 is 15.3. The van der Waals surface area contributed by atoms with Crippen molar-refractivity contribution in [2.75, 3.05) is 0 Å². The van der Waals surface area contributed by atoms with Gasteiger partial charge in [0.15, 0.2) is 5.82 Å². The summed E-state index contributed by atoms with van der Waals surface area (Å²) in [6, 6.07) is 4.57. The van der Waals surface area contributed by atoms with Gasteiger partial charge in [-0.2, -0.15) is 0 Å². The number of alkyl halides is 1. The van der Waals surface area contributed by atoms with E-state index in [1.165, 1.54) is 6.07 Å². The summed E-state index contributed by atoms with van der Waals surface area (Å²) in [5.74, 6) is 1.07. The van der Waals surface area contributed by atoms with Crippen LogP contribution in [0.25, 0.3) is 11.4 Å². The molecule has 0 atom stereocenters. The third-order valence-electron chi connectivity index (χ3n) is 2.70. The molecule has 0 bridgehead atoms. The van der Waals surface area contributed by atoms with Crippen molar-refractivity contribution in [2.24, 2.45) is 0 Å². The van der Waals surface area contributed by atoms with Gasteiger partial charge in [-0.25, -0.2) is 4.39 Å². The molecule has 0 aliphatic heterocycles. The molecule has 102 valence electrons. The van der Waals surface area contributed by atoms with Crippen LogP contribution in [0.5, 0.6) is 0 Å². The molecule has 3 nitrogen and oxygen atoms in total. The van der Waals surface area contributed by atoms with Crippen LogP contribution in [0.15, 0.2) is 18.2 Å². The highest BCUT2D eigenvalue weighted by Gasteiger charge is 2.23. The molecule has 1 aromatic heterocycles. The van der Waals surface area contributed by atoms with Crippen molar-refractivity contribution in [1.82, 2.24) is 14.8 Å². The number of rotatable bonds is 2.